The number of aliphatic carboxylic acids is 1. The fourth-order valence-electron chi connectivity index (χ4n) is 3.39. The molecule has 0 radical (unpaired) electrons. The maximum absolute atomic E-state index is 12.4. The van der Waals surface area contributed by atoms with Crippen LogP contribution in [-0.2, 0) is 4.79 Å². The molecular weight excluding hydrogens is 381 g/mol. The Kier molecular flexibility index (Phi) is 6.47. The molecule has 0 unspecified atom stereocenters. The van der Waals surface area contributed by atoms with Gasteiger partial charge in [0.05, 0.1) is 5.56 Å². The Balaban J connectivity index is 0.000000345. The lowest BCUT2D eigenvalue weighted by molar-refractivity contribution is -0.192. The largest absolute Gasteiger partial charge is 0.490 e. The van der Waals surface area contributed by atoms with E-state index in [-0.39, 0.29) is 17.4 Å². The van der Waals surface area contributed by atoms with Crippen LogP contribution in [0.15, 0.2) is 24.5 Å². The number of hydrogen-bond donors (Lipinski definition) is 2. The van der Waals surface area contributed by atoms with Crippen LogP contribution in [0.1, 0.15) is 29.6 Å². The first-order chi connectivity index (χ1) is 13.0. The average molecular weight is 402 g/mol. The van der Waals surface area contributed by atoms with Crippen molar-refractivity contribution in [2.75, 3.05) is 26.2 Å². The van der Waals surface area contributed by atoms with Gasteiger partial charge in [0.25, 0.3) is 5.91 Å². The van der Waals surface area contributed by atoms with E-state index in [1.807, 2.05) is 4.90 Å². The van der Waals surface area contributed by atoms with Gasteiger partial charge < -0.3 is 20.6 Å². The number of hydrogen-bond acceptors (Lipinski definition) is 4. The van der Waals surface area contributed by atoms with Crippen molar-refractivity contribution in [2.45, 2.75) is 25.4 Å². The number of primary amides is 1. The Morgan fingerprint density at radius 1 is 1.11 bits per heavy atom. The molecular formula is C17H21F3N4O4. The van der Waals surface area contributed by atoms with Crippen molar-refractivity contribution in [3.8, 4) is 0 Å². The molecule has 2 aliphatic heterocycles. The molecule has 3 rings (SSSR count). The van der Waals surface area contributed by atoms with Crippen LogP contribution in [0.5, 0.6) is 0 Å². The summed E-state index contributed by atoms with van der Waals surface area (Å²) in [6.45, 7) is 2.95. The van der Waals surface area contributed by atoms with E-state index in [0.717, 1.165) is 45.4 Å². The number of nitrogens with two attached hydrogens (primary N) is 1. The first kappa shape index (κ1) is 21.5. The summed E-state index contributed by atoms with van der Waals surface area (Å²) in [5, 5.41) is 7.12. The lowest BCUT2D eigenvalue weighted by Gasteiger charge is -2.39. The molecule has 1 spiro atoms. The van der Waals surface area contributed by atoms with Crippen LogP contribution < -0.4 is 5.73 Å². The second-order valence-corrected chi connectivity index (χ2v) is 6.85. The normalized spacial score (nSPS) is 18.4. The van der Waals surface area contributed by atoms with Crippen LogP contribution in [-0.4, -0.2) is 70.2 Å². The number of amides is 3. The summed E-state index contributed by atoms with van der Waals surface area (Å²) in [6.07, 6.45) is 1.05. The predicted octanol–water partition coefficient (Wildman–Crippen LogP) is 1.72. The van der Waals surface area contributed by atoms with Crippen LogP contribution in [0.3, 0.4) is 0 Å². The zero-order chi connectivity index (χ0) is 20.9. The summed E-state index contributed by atoms with van der Waals surface area (Å²) in [5.41, 5.74) is 6.15. The van der Waals surface area contributed by atoms with Crippen LogP contribution in [0.2, 0.25) is 0 Å². The maximum atomic E-state index is 12.4. The van der Waals surface area contributed by atoms with Crippen molar-refractivity contribution in [3.05, 3.63) is 30.1 Å². The van der Waals surface area contributed by atoms with Gasteiger partial charge >= 0.3 is 18.2 Å². The number of pyridine rings is 1. The van der Waals surface area contributed by atoms with Crippen molar-refractivity contribution in [3.63, 3.8) is 0 Å². The molecule has 1 aromatic rings. The molecule has 0 aromatic carbocycles. The van der Waals surface area contributed by atoms with Gasteiger partial charge in [-0.1, -0.05) is 0 Å². The molecule has 0 saturated carbocycles. The van der Waals surface area contributed by atoms with Crippen molar-refractivity contribution in [1.82, 2.24) is 14.8 Å². The Hall–Kier alpha value is -2.85. The lowest BCUT2D eigenvalue weighted by Crippen LogP contribution is -2.45. The Bertz CT molecular complexity index is 719. The first-order valence-electron chi connectivity index (χ1n) is 8.58. The molecule has 2 fully saturated rings. The third-order valence-electron chi connectivity index (χ3n) is 5.01. The fourth-order valence-corrected chi connectivity index (χ4v) is 3.39. The van der Waals surface area contributed by atoms with Crippen LogP contribution in [0, 0.1) is 5.41 Å². The molecule has 3 heterocycles. The molecule has 0 atom stereocenters. The first-order valence-corrected chi connectivity index (χ1v) is 8.58. The standard InChI is InChI=1S/C15H20N4O2.C2HF3O2/c16-14(21)19-9-5-15(11-19)3-7-18(8-4-15)13(20)12-2-1-6-17-10-12;3-2(4,5)1(6)7/h1-2,6,10H,3-5,7-9,11H2,(H2,16,21);(H,6,7). The molecule has 0 aliphatic carbocycles. The minimum absolute atomic E-state index is 0.0442. The highest BCUT2D eigenvalue weighted by Crippen LogP contribution is 2.40. The Morgan fingerprint density at radius 2 is 1.64 bits per heavy atom. The predicted molar refractivity (Wildman–Crippen MR) is 91.3 cm³/mol. The molecule has 3 amide bonds. The quantitative estimate of drug-likeness (QED) is 0.742. The maximum Gasteiger partial charge on any atom is 0.490 e. The van der Waals surface area contributed by atoms with Gasteiger partial charge in [-0.25, -0.2) is 9.59 Å². The van der Waals surface area contributed by atoms with Gasteiger partial charge in [0.15, 0.2) is 0 Å². The van der Waals surface area contributed by atoms with Gasteiger partial charge in [0, 0.05) is 38.6 Å². The monoisotopic (exact) mass is 402 g/mol. The zero-order valence-electron chi connectivity index (χ0n) is 15.0. The summed E-state index contributed by atoms with van der Waals surface area (Å²) >= 11 is 0. The number of piperidine rings is 1. The highest BCUT2D eigenvalue weighted by Gasteiger charge is 2.42. The molecule has 1 aromatic heterocycles. The van der Waals surface area contributed by atoms with E-state index in [1.165, 1.54) is 0 Å². The van der Waals surface area contributed by atoms with Crippen LogP contribution in [0.4, 0.5) is 18.0 Å². The summed E-state index contributed by atoms with van der Waals surface area (Å²) in [4.78, 5) is 40.1. The van der Waals surface area contributed by atoms with Gasteiger partial charge in [-0.2, -0.15) is 13.2 Å². The number of carboxylic acid groups (broad SMARTS) is 1. The molecule has 0 bridgehead atoms. The molecule has 2 aliphatic rings. The summed E-state index contributed by atoms with van der Waals surface area (Å²) < 4.78 is 31.7. The lowest BCUT2D eigenvalue weighted by atomic mass is 9.77. The molecule has 11 heteroatoms. The van der Waals surface area contributed by atoms with Crippen molar-refractivity contribution < 1.29 is 32.7 Å². The number of alkyl halides is 3. The highest BCUT2D eigenvalue weighted by molar-refractivity contribution is 5.93. The van der Waals surface area contributed by atoms with Crippen molar-refractivity contribution in [1.29, 1.82) is 0 Å². The van der Waals surface area contributed by atoms with E-state index < -0.39 is 12.1 Å². The van der Waals surface area contributed by atoms with Gasteiger partial charge in [0.1, 0.15) is 0 Å². The van der Waals surface area contributed by atoms with Crippen LogP contribution >= 0.6 is 0 Å². The van der Waals surface area contributed by atoms with Gasteiger partial charge in [-0.15, -0.1) is 0 Å². The number of urea groups is 1. The van der Waals surface area contributed by atoms with E-state index in [4.69, 9.17) is 15.6 Å². The second-order valence-electron chi connectivity index (χ2n) is 6.85. The van der Waals surface area contributed by atoms with Gasteiger partial charge in [0.2, 0.25) is 0 Å². The topological polar surface area (TPSA) is 117 Å². The summed E-state index contributed by atoms with van der Waals surface area (Å²) in [5.74, 6) is -2.71. The third kappa shape index (κ3) is 5.33. The summed E-state index contributed by atoms with van der Waals surface area (Å²) in [7, 11) is 0. The summed E-state index contributed by atoms with van der Waals surface area (Å²) in [6, 6.07) is 3.24. The molecule has 154 valence electrons. The Labute approximate surface area is 159 Å². The molecule has 28 heavy (non-hydrogen) atoms. The number of aromatic nitrogens is 1. The second kappa shape index (κ2) is 8.44. The average Bonchev–Trinajstić information content (AvgIpc) is 3.06. The zero-order valence-corrected chi connectivity index (χ0v) is 15.0. The number of carboxylic acids is 1. The van der Waals surface area contributed by atoms with E-state index in [9.17, 15) is 22.8 Å². The van der Waals surface area contributed by atoms with Gasteiger partial charge in [-0.05, 0) is 36.8 Å². The number of likely N-dealkylation sites (tertiary alicyclic amines) is 2. The number of nitrogens with zero attached hydrogens (tertiary/aromatic N) is 3. The van der Waals surface area contributed by atoms with E-state index in [0.29, 0.717) is 5.56 Å². The number of carbonyl (C=O) groups excluding carboxylic acids is 2. The number of carbonyl (C=O) groups is 3. The molecule has 2 saturated heterocycles. The number of rotatable bonds is 1. The molecule has 3 N–H and O–H groups in total. The van der Waals surface area contributed by atoms with E-state index in [2.05, 4.69) is 4.98 Å². The smallest absolute Gasteiger partial charge is 0.475 e. The minimum atomic E-state index is -5.08. The Morgan fingerprint density at radius 3 is 2.04 bits per heavy atom. The van der Waals surface area contributed by atoms with Crippen LogP contribution in [0.25, 0.3) is 0 Å². The third-order valence-corrected chi connectivity index (χ3v) is 5.01. The minimum Gasteiger partial charge on any atom is -0.475 e. The molecule has 8 nitrogen and oxygen atoms in total. The van der Waals surface area contributed by atoms with Crippen molar-refractivity contribution in [2.24, 2.45) is 11.1 Å². The highest BCUT2D eigenvalue weighted by atomic mass is 19.4. The van der Waals surface area contributed by atoms with E-state index >= 15 is 0 Å². The van der Waals surface area contributed by atoms with E-state index in [1.54, 1.807) is 29.4 Å². The van der Waals surface area contributed by atoms with Gasteiger partial charge in [-0.3, -0.25) is 9.78 Å². The van der Waals surface area contributed by atoms with Crippen molar-refractivity contribution >= 4 is 17.9 Å². The number of halogens is 3. The SMILES string of the molecule is NC(=O)N1CCC2(CCN(C(=O)c3cccnc3)CC2)C1.O=C(O)C(F)(F)F. The fraction of sp³-hybridized carbons (Fsp3) is 0.529.